The number of hydrogen-bond donors (Lipinski definition) is 2. The molecule has 0 unspecified atom stereocenters. The van der Waals surface area contributed by atoms with E-state index in [4.69, 9.17) is 11.5 Å². The Bertz CT molecular complexity index is 188. The molecule has 0 heterocycles. The van der Waals surface area contributed by atoms with Crippen molar-refractivity contribution in [2.24, 2.45) is 11.5 Å². The summed E-state index contributed by atoms with van der Waals surface area (Å²) in [5, 5.41) is 0. The van der Waals surface area contributed by atoms with Crippen LogP contribution in [0.15, 0.2) is 0 Å². The number of amides is 2. The minimum Gasteiger partial charge on any atom is -0.370 e. The Morgan fingerprint density at radius 3 is 1.82 bits per heavy atom. The van der Waals surface area contributed by atoms with E-state index in [-0.39, 0.29) is 25.0 Å². The van der Waals surface area contributed by atoms with E-state index in [0.29, 0.717) is 0 Å². The molecule has 5 heteroatoms. The van der Waals surface area contributed by atoms with E-state index in [1.54, 1.807) is 0 Å². The lowest BCUT2D eigenvalue weighted by Gasteiger charge is -1.93. The molecule has 0 radical (unpaired) electrons. The van der Waals surface area contributed by atoms with Crippen molar-refractivity contribution in [3.8, 4) is 0 Å². The first-order valence-corrected chi connectivity index (χ1v) is 3.10. The van der Waals surface area contributed by atoms with Crippen molar-refractivity contribution in [1.29, 1.82) is 0 Å². The van der Waals surface area contributed by atoms with Crippen molar-refractivity contribution in [3.63, 3.8) is 0 Å². The van der Waals surface area contributed by atoms with Gasteiger partial charge in [-0.25, -0.2) is 0 Å². The highest BCUT2D eigenvalue weighted by Gasteiger charge is 2.06. The molecule has 0 aromatic heterocycles. The van der Waals surface area contributed by atoms with Gasteiger partial charge in [-0.15, -0.1) is 0 Å². The van der Waals surface area contributed by atoms with Gasteiger partial charge in [-0.3, -0.25) is 14.4 Å². The zero-order valence-electron chi connectivity index (χ0n) is 6.00. The molecule has 0 rings (SSSR count). The summed E-state index contributed by atoms with van der Waals surface area (Å²) in [7, 11) is 0. The number of ketones is 1. The van der Waals surface area contributed by atoms with Crippen LogP contribution in [0.4, 0.5) is 0 Å². The summed E-state index contributed by atoms with van der Waals surface area (Å²) < 4.78 is 0. The van der Waals surface area contributed by atoms with Gasteiger partial charge in [0.1, 0.15) is 5.78 Å². The summed E-state index contributed by atoms with van der Waals surface area (Å²) in [6.07, 6.45) is -0.336. The minimum atomic E-state index is -0.681. The van der Waals surface area contributed by atoms with E-state index in [9.17, 15) is 14.4 Å². The van der Waals surface area contributed by atoms with Crippen LogP contribution in [0, 0.1) is 0 Å². The fourth-order valence-electron chi connectivity index (χ4n) is 0.545. The molecule has 0 aliphatic heterocycles. The van der Waals surface area contributed by atoms with E-state index in [0.717, 1.165) is 0 Å². The quantitative estimate of drug-likeness (QED) is 0.486. The molecule has 0 spiro atoms. The van der Waals surface area contributed by atoms with Crippen LogP contribution in [0.3, 0.4) is 0 Å². The van der Waals surface area contributed by atoms with E-state index in [1.807, 2.05) is 0 Å². The minimum absolute atomic E-state index is 0.00171. The molecule has 0 bridgehead atoms. The van der Waals surface area contributed by atoms with Crippen LogP contribution < -0.4 is 11.5 Å². The van der Waals surface area contributed by atoms with Gasteiger partial charge in [-0.05, 0) is 0 Å². The Labute approximate surface area is 63.7 Å². The number of carbonyl (C=O) groups is 3. The molecule has 0 aromatic carbocycles. The maximum Gasteiger partial charge on any atom is 0.224 e. The van der Waals surface area contributed by atoms with Crippen LogP contribution in [0.1, 0.15) is 19.3 Å². The summed E-state index contributed by atoms with van der Waals surface area (Å²) in [5.41, 5.74) is 9.49. The molecule has 0 fully saturated rings. The molecule has 0 saturated carbocycles. The van der Waals surface area contributed by atoms with Gasteiger partial charge in [0.25, 0.3) is 0 Å². The van der Waals surface area contributed by atoms with Gasteiger partial charge in [-0.2, -0.15) is 0 Å². The predicted octanol–water partition coefficient (Wildman–Crippen LogP) is -1.30. The predicted molar refractivity (Wildman–Crippen MR) is 37.2 cm³/mol. The molecule has 4 N–H and O–H groups in total. The third-order valence-electron chi connectivity index (χ3n) is 1.02. The molecule has 2 amide bonds. The summed E-state index contributed by atoms with van der Waals surface area (Å²) in [4.78, 5) is 30.9. The van der Waals surface area contributed by atoms with Crippen molar-refractivity contribution in [2.45, 2.75) is 19.3 Å². The molecule has 0 saturated heterocycles. The second-order valence-electron chi connectivity index (χ2n) is 2.15. The maximum atomic E-state index is 10.6. The first kappa shape index (κ1) is 9.61. The number of hydrogen-bond acceptors (Lipinski definition) is 3. The van der Waals surface area contributed by atoms with Crippen LogP contribution in [0.25, 0.3) is 0 Å². The highest BCUT2D eigenvalue weighted by Crippen LogP contribution is 1.93. The van der Waals surface area contributed by atoms with Gasteiger partial charge >= 0.3 is 0 Å². The molecular formula is C6H10N2O3. The zero-order valence-corrected chi connectivity index (χ0v) is 6.00. The monoisotopic (exact) mass is 158 g/mol. The Kier molecular flexibility index (Phi) is 3.87. The van der Waals surface area contributed by atoms with E-state index in [2.05, 4.69) is 0 Å². The smallest absolute Gasteiger partial charge is 0.224 e. The fourth-order valence-corrected chi connectivity index (χ4v) is 0.545. The largest absolute Gasteiger partial charge is 0.370 e. The average Bonchev–Trinajstić information content (AvgIpc) is 1.82. The summed E-state index contributed by atoms with van der Waals surface area (Å²) in [5.74, 6) is -1.58. The van der Waals surface area contributed by atoms with Gasteiger partial charge in [0.15, 0.2) is 0 Å². The van der Waals surface area contributed by atoms with Crippen molar-refractivity contribution >= 4 is 17.6 Å². The van der Waals surface area contributed by atoms with Crippen molar-refractivity contribution < 1.29 is 14.4 Å². The topological polar surface area (TPSA) is 103 Å². The summed E-state index contributed by atoms with van der Waals surface area (Å²) in [6.45, 7) is 0. The molecule has 0 aromatic rings. The van der Waals surface area contributed by atoms with E-state index < -0.39 is 11.8 Å². The highest BCUT2D eigenvalue weighted by atomic mass is 16.2. The molecular weight excluding hydrogens is 148 g/mol. The fraction of sp³-hybridized carbons (Fsp3) is 0.500. The second kappa shape index (κ2) is 4.43. The number of carbonyl (C=O) groups excluding carboxylic acids is 3. The number of Topliss-reactive ketones (excluding diaryl/α,β-unsaturated/α-hetero) is 1. The first-order valence-electron chi connectivity index (χ1n) is 3.10. The Balaban J connectivity index is 3.53. The van der Waals surface area contributed by atoms with Gasteiger partial charge in [-0.1, -0.05) is 0 Å². The van der Waals surface area contributed by atoms with Crippen LogP contribution in [-0.2, 0) is 14.4 Å². The Morgan fingerprint density at radius 1 is 0.909 bits per heavy atom. The number of nitrogens with two attached hydrogens (primary N) is 2. The van der Waals surface area contributed by atoms with E-state index >= 15 is 0 Å². The molecule has 0 aliphatic rings. The molecule has 0 atom stereocenters. The average molecular weight is 158 g/mol. The third-order valence-corrected chi connectivity index (χ3v) is 1.02. The lowest BCUT2D eigenvalue weighted by atomic mass is 10.1. The van der Waals surface area contributed by atoms with Crippen molar-refractivity contribution in [2.75, 3.05) is 0 Å². The highest BCUT2D eigenvalue weighted by molar-refractivity contribution is 5.98. The van der Waals surface area contributed by atoms with Gasteiger partial charge in [0.2, 0.25) is 11.8 Å². The third kappa shape index (κ3) is 6.50. The summed E-state index contributed by atoms with van der Waals surface area (Å²) in [6, 6.07) is 0. The molecule has 5 nitrogen and oxygen atoms in total. The van der Waals surface area contributed by atoms with Gasteiger partial charge in [0, 0.05) is 12.8 Å². The van der Waals surface area contributed by atoms with E-state index in [1.165, 1.54) is 0 Å². The number of primary amides is 2. The lowest BCUT2D eigenvalue weighted by Crippen LogP contribution is -2.18. The normalized spacial score (nSPS) is 9.09. The van der Waals surface area contributed by atoms with Crippen molar-refractivity contribution in [1.82, 2.24) is 0 Å². The van der Waals surface area contributed by atoms with Crippen LogP contribution in [0.2, 0.25) is 0 Å². The van der Waals surface area contributed by atoms with Gasteiger partial charge < -0.3 is 11.5 Å². The Morgan fingerprint density at radius 2 is 1.45 bits per heavy atom. The van der Waals surface area contributed by atoms with Crippen molar-refractivity contribution in [3.05, 3.63) is 0 Å². The molecule has 11 heavy (non-hydrogen) atoms. The SMILES string of the molecule is NC(=O)CCC(=O)CC(N)=O. The molecule has 62 valence electrons. The lowest BCUT2D eigenvalue weighted by molar-refractivity contribution is -0.128. The second-order valence-corrected chi connectivity index (χ2v) is 2.15. The molecule has 0 aliphatic carbocycles. The maximum absolute atomic E-state index is 10.6. The Hall–Kier alpha value is -1.39. The summed E-state index contributed by atoms with van der Waals surface area (Å²) >= 11 is 0. The van der Waals surface area contributed by atoms with Gasteiger partial charge in [0.05, 0.1) is 6.42 Å². The van der Waals surface area contributed by atoms with Crippen LogP contribution >= 0.6 is 0 Å². The standard InChI is InChI=1S/C6H10N2O3/c7-5(10)2-1-4(9)3-6(8)11/h1-3H2,(H2,7,10)(H2,8,11). The zero-order chi connectivity index (χ0) is 8.85. The van der Waals surface area contributed by atoms with Crippen LogP contribution in [-0.4, -0.2) is 17.6 Å². The first-order chi connectivity index (χ1) is 5.02. The van der Waals surface area contributed by atoms with Crippen LogP contribution in [0.5, 0.6) is 0 Å². The number of rotatable bonds is 5.